The Bertz CT molecular complexity index is 1340. The fourth-order valence-corrected chi connectivity index (χ4v) is 5.76. The lowest BCUT2D eigenvalue weighted by atomic mass is 10.3. The van der Waals surface area contributed by atoms with E-state index in [0.29, 0.717) is 16.5 Å². The molecule has 11 heteroatoms. The normalized spacial score (nSPS) is 11.6. The fourth-order valence-electron chi connectivity index (χ4n) is 3.56. The van der Waals surface area contributed by atoms with Gasteiger partial charge in [0.25, 0.3) is 0 Å². The molecule has 0 fully saturated rings. The number of nitrogens with zero attached hydrogens (tertiary/aromatic N) is 8. The van der Waals surface area contributed by atoms with Crippen LogP contribution in [0.5, 0.6) is 0 Å². The van der Waals surface area contributed by atoms with Crippen LogP contribution in [0.25, 0.3) is 10.6 Å². The van der Waals surface area contributed by atoms with Gasteiger partial charge in [0, 0.05) is 26.2 Å². The number of nitrogens with two attached hydrogens (primary N) is 1. The molecular weight excluding hydrogens is 502 g/mol. The van der Waals surface area contributed by atoms with E-state index >= 15 is 0 Å². The second-order valence-corrected chi connectivity index (χ2v) is 9.89. The first kappa shape index (κ1) is 26.4. The highest BCUT2D eigenvalue weighted by Gasteiger charge is 2.22. The highest BCUT2D eigenvalue weighted by molar-refractivity contribution is 7.22. The monoisotopic (exact) mass is 533 g/mol. The van der Waals surface area contributed by atoms with E-state index in [-0.39, 0.29) is 0 Å². The van der Waals surface area contributed by atoms with Gasteiger partial charge < -0.3 is 15.5 Å². The molecule has 0 aliphatic rings. The summed E-state index contributed by atoms with van der Waals surface area (Å²) in [6.07, 6.45) is 0. The van der Waals surface area contributed by atoms with Crippen LogP contribution in [0.4, 0.5) is 38.1 Å². The van der Waals surface area contributed by atoms with Gasteiger partial charge in [-0.1, -0.05) is 40.9 Å². The van der Waals surface area contributed by atoms with Gasteiger partial charge in [0.1, 0.15) is 16.4 Å². The minimum Gasteiger partial charge on any atom is -0.382 e. The molecule has 0 radical (unpaired) electrons. The van der Waals surface area contributed by atoms with Crippen molar-refractivity contribution < 1.29 is 0 Å². The van der Waals surface area contributed by atoms with Crippen molar-refractivity contribution in [3.8, 4) is 10.6 Å². The molecule has 4 aromatic rings. The molecule has 0 atom stereocenters. The van der Waals surface area contributed by atoms with Gasteiger partial charge in [-0.2, -0.15) is 10.2 Å². The number of hydrogen-bond donors (Lipinski definition) is 1. The van der Waals surface area contributed by atoms with Crippen molar-refractivity contribution in [3.05, 3.63) is 54.6 Å². The van der Waals surface area contributed by atoms with Gasteiger partial charge in [0.15, 0.2) is 15.3 Å². The van der Waals surface area contributed by atoms with Crippen molar-refractivity contribution in [1.82, 2.24) is 9.97 Å². The number of aromatic nitrogens is 2. The topological polar surface area (TPSA) is 108 Å². The van der Waals surface area contributed by atoms with Gasteiger partial charge in [-0.15, -0.1) is 10.2 Å². The van der Waals surface area contributed by atoms with Crippen LogP contribution in [0.15, 0.2) is 75.1 Å². The Morgan fingerprint density at radius 3 is 1.68 bits per heavy atom. The van der Waals surface area contributed by atoms with Gasteiger partial charge in [0.2, 0.25) is 0 Å². The molecule has 0 bridgehead atoms. The summed E-state index contributed by atoms with van der Waals surface area (Å²) in [6, 6.07) is 17.1. The van der Waals surface area contributed by atoms with Gasteiger partial charge in [-0.05, 0) is 64.1 Å². The summed E-state index contributed by atoms with van der Waals surface area (Å²) >= 11 is 3.05. The van der Waals surface area contributed by atoms with Crippen molar-refractivity contribution >= 4 is 60.8 Å². The van der Waals surface area contributed by atoms with Crippen molar-refractivity contribution in [1.29, 1.82) is 0 Å². The maximum atomic E-state index is 6.37. The van der Waals surface area contributed by atoms with E-state index in [9.17, 15) is 0 Å². The van der Waals surface area contributed by atoms with E-state index in [2.05, 4.69) is 62.9 Å². The van der Waals surface area contributed by atoms with Crippen LogP contribution in [0.3, 0.4) is 0 Å². The third-order valence-corrected chi connectivity index (χ3v) is 7.81. The molecular formula is C26H31N9S2. The van der Waals surface area contributed by atoms with Gasteiger partial charge >= 0.3 is 0 Å². The zero-order valence-corrected chi connectivity index (χ0v) is 23.1. The molecule has 0 saturated carbocycles. The third kappa shape index (κ3) is 6.36. The lowest BCUT2D eigenvalue weighted by molar-refractivity contribution is 0.860. The molecule has 0 unspecified atom stereocenters. The summed E-state index contributed by atoms with van der Waals surface area (Å²) < 4.78 is 0. The molecule has 9 nitrogen and oxygen atoms in total. The van der Waals surface area contributed by atoms with Crippen LogP contribution < -0.4 is 15.5 Å². The first-order chi connectivity index (χ1) is 18.1. The molecule has 0 amide bonds. The van der Waals surface area contributed by atoms with Crippen LogP contribution in [0, 0.1) is 0 Å². The van der Waals surface area contributed by atoms with E-state index in [4.69, 9.17) is 10.7 Å². The highest BCUT2D eigenvalue weighted by Crippen LogP contribution is 2.46. The lowest BCUT2D eigenvalue weighted by Crippen LogP contribution is -2.21. The average molecular weight is 534 g/mol. The predicted molar refractivity (Wildman–Crippen MR) is 156 cm³/mol. The van der Waals surface area contributed by atoms with Gasteiger partial charge in [0.05, 0.1) is 17.1 Å². The smallest absolute Gasteiger partial charge is 0.188 e. The van der Waals surface area contributed by atoms with Crippen molar-refractivity contribution in [2.24, 2.45) is 20.5 Å². The van der Waals surface area contributed by atoms with Crippen molar-refractivity contribution in [3.63, 3.8) is 0 Å². The molecule has 0 spiro atoms. The minimum atomic E-state index is 0.466. The number of benzene rings is 2. The van der Waals surface area contributed by atoms with Crippen molar-refractivity contribution in [2.45, 2.75) is 27.7 Å². The number of thiazole rings is 2. The summed E-state index contributed by atoms with van der Waals surface area (Å²) in [5.41, 5.74) is 9.34. The maximum absolute atomic E-state index is 6.37. The average Bonchev–Trinajstić information content (AvgIpc) is 3.52. The number of nitrogen functional groups attached to an aromatic ring is 1. The minimum absolute atomic E-state index is 0.466. The van der Waals surface area contributed by atoms with E-state index in [1.807, 2.05) is 54.6 Å². The standard InChI is InChI=1S/C26H31N9S2/c1-5-34(6-2)25-28-21(22-23(27)29-26(36-22)35(7-3)8-4)24(37-25)33-32-20-16-14-19(15-17-20)31-30-18-12-10-9-11-13-18/h9-17H,5-8,27H2,1-4H3. The second-order valence-electron chi connectivity index (χ2n) is 7.96. The van der Waals surface area contributed by atoms with Crippen LogP contribution in [-0.4, -0.2) is 36.1 Å². The highest BCUT2D eigenvalue weighted by atomic mass is 32.1. The fraction of sp³-hybridized carbons (Fsp3) is 0.308. The number of azo groups is 2. The Hall–Kier alpha value is -3.70. The zero-order valence-electron chi connectivity index (χ0n) is 21.5. The van der Waals surface area contributed by atoms with E-state index in [1.54, 1.807) is 11.3 Å². The van der Waals surface area contributed by atoms with Crippen molar-refractivity contribution in [2.75, 3.05) is 41.7 Å². The Morgan fingerprint density at radius 1 is 0.649 bits per heavy atom. The SMILES string of the molecule is CCN(CC)c1nc(-c2sc(N(CC)CC)nc2N)c(N=Nc2ccc(N=Nc3ccccc3)cc2)s1. The van der Waals surface area contributed by atoms with Gasteiger partial charge in [-0.25, -0.2) is 9.97 Å². The molecule has 2 heterocycles. The molecule has 37 heavy (non-hydrogen) atoms. The Balaban J connectivity index is 1.62. The Labute approximate surface area is 225 Å². The Morgan fingerprint density at radius 2 is 1.14 bits per heavy atom. The largest absolute Gasteiger partial charge is 0.382 e. The maximum Gasteiger partial charge on any atom is 0.188 e. The van der Waals surface area contributed by atoms with E-state index in [1.165, 1.54) is 11.3 Å². The first-order valence-electron chi connectivity index (χ1n) is 12.3. The number of rotatable bonds is 11. The Kier molecular flexibility index (Phi) is 8.91. The molecule has 0 saturated heterocycles. The van der Waals surface area contributed by atoms with E-state index < -0.39 is 0 Å². The summed E-state index contributed by atoms with van der Waals surface area (Å²) in [7, 11) is 0. The number of anilines is 3. The summed E-state index contributed by atoms with van der Waals surface area (Å²) in [6.45, 7) is 11.9. The molecule has 0 aliphatic heterocycles. The predicted octanol–water partition coefficient (Wildman–Crippen LogP) is 8.37. The zero-order chi connectivity index (χ0) is 26.2. The van der Waals surface area contributed by atoms with Crippen LogP contribution in [0.2, 0.25) is 0 Å². The molecule has 2 aromatic carbocycles. The summed E-state index contributed by atoms with van der Waals surface area (Å²) in [5.74, 6) is 0.466. The number of hydrogen-bond acceptors (Lipinski definition) is 11. The second kappa shape index (κ2) is 12.5. The first-order valence-corrected chi connectivity index (χ1v) is 13.9. The third-order valence-electron chi connectivity index (χ3n) is 5.67. The van der Waals surface area contributed by atoms with E-state index in [0.717, 1.165) is 58.4 Å². The molecule has 4 rings (SSSR count). The molecule has 2 aromatic heterocycles. The summed E-state index contributed by atoms with van der Waals surface area (Å²) in [5, 5.41) is 20.1. The summed E-state index contributed by atoms with van der Waals surface area (Å²) in [4.78, 5) is 14.7. The molecule has 0 aliphatic carbocycles. The lowest BCUT2D eigenvalue weighted by Gasteiger charge is -2.16. The van der Waals surface area contributed by atoms with Crippen LogP contribution in [0.1, 0.15) is 27.7 Å². The van der Waals surface area contributed by atoms with Crippen LogP contribution in [-0.2, 0) is 0 Å². The quantitative estimate of drug-likeness (QED) is 0.195. The van der Waals surface area contributed by atoms with Crippen LogP contribution >= 0.6 is 22.7 Å². The van der Waals surface area contributed by atoms with Gasteiger partial charge in [-0.3, -0.25) is 0 Å². The molecule has 2 N–H and O–H groups in total. The molecule has 192 valence electrons.